The van der Waals surface area contributed by atoms with Crippen molar-refractivity contribution in [1.29, 1.82) is 0 Å². The molecule has 1 aromatic rings. The van der Waals surface area contributed by atoms with Gasteiger partial charge in [-0.2, -0.15) is 5.10 Å². The predicted molar refractivity (Wildman–Crippen MR) is 127 cm³/mol. The summed E-state index contributed by atoms with van der Waals surface area (Å²) in [6, 6.07) is 2.27. The van der Waals surface area contributed by atoms with E-state index in [1.165, 1.54) is 0 Å². The van der Waals surface area contributed by atoms with Crippen molar-refractivity contribution < 1.29 is 19.4 Å². The number of hydrogen-bond donors (Lipinski definition) is 2. The molecule has 0 spiro atoms. The molecular weight excluding hydrogens is 412 g/mol. The third-order valence-corrected chi connectivity index (χ3v) is 9.97. The maximum absolute atomic E-state index is 11.5. The first-order valence-corrected chi connectivity index (χ1v) is 18.7. The van der Waals surface area contributed by atoms with Crippen LogP contribution in [0.2, 0.25) is 51.4 Å². The molecule has 8 heteroatoms. The van der Waals surface area contributed by atoms with E-state index < -0.39 is 22.1 Å². The molecule has 30 heavy (non-hydrogen) atoms. The molecule has 2 N–H and O–H groups in total. The maximum atomic E-state index is 11.5. The third-order valence-electron chi connectivity index (χ3n) is 6.56. The lowest BCUT2D eigenvalue weighted by molar-refractivity contribution is -0.116. The predicted octanol–water partition coefficient (Wildman–Crippen LogP) is 5.07. The van der Waals surface area contributed by atoms with Gasteiger partial charge in [0, 0.05) is 46.0 Å². The van der Waals surface area contributed by atoms with Gasteiger partial charge < -0.3 is 14.6 Å². The van der Waals surface area contributed by atoms with Crippen LogP contribution in [0.15, 0.2) is 0 Å². The molecule has 0 aromatic carbocycles. The summed E-state index contributed by atoms with van der Waals surface area (Å²) < 4.78 is 12.8. The summed E-state index contributed by atoms with van der Waals surface area (Å²) in [5, 5.41) is 16.5. The van der Waals surface area contributed by atoms with Gasteiger partial charge in [0.2, 0.25) is 0 Å². The van der Waals surface area contributed by atoms with Gasteiger partial charge in [-0.15, -0.1) is 0 Å². The second-order valence-corrected chi connectivity index (χ2v) is 22.6. The lowest BCUT2D eigenvalue weighted by Crippen LogP contribution is -2.49. The lowest BCUT2D eigenvalue weighted by Gasteiger charge is -2.46. The van der Waals surface area contributed by atoms with Crippen molar-refractivity contribution in [3.63, 3.8) is 0 Å². The summed E-state index contributed by atoms with van der Waals surface area (Å²) in [6.07, 6.45) is 2.31. The number of hydrogen-bond acceptors (Lipinski definition) is 4. The first-order valence-electron chi connectivity index (χ1n) is 11.3. The molecule has 0 saturated carbocycles. The minimum absolute atomic E-state index is 0.0282. The van der Waals surface area contributed by atoms with Crippen LogP contribution in [0.4, 0.5) is 0 Å². The van der Waals surface area contributed by atoms with Crippen molar-refractivity contribution in [3.05, 3.63) is 17.0 Å². The summed E-state index contributed by atoms with van der Waals surface area (Å²) in [5.74, 6) is -0.959. The Morgan fingerprint density at radius 2 is 1.57 bits per heavy atom. The monoisotopic (exact) mass is 454 g/mol. The molecule has 0 bridgehead atoms. The Morgan fingerprint density at radius 3 is 2.00 bits per heavy atom. The fourth-order valence-corrected chi connectivity index (χ4v) is 5.67. The van der Waals surface area contributed by atoms with Crippen molar-refractivity contribution in [1.82, 2.24) is 10.2 Å². The van der Waals surface area contributed by atoms with Gasteiger partial charge in [0.25, 0.3) is 0 Å². The number of carbonyl (C=O) groups is 1. The average molecular weight is 455 g/mol. The number of nitrogens with one attached hydrogen (secondary N) is 1. The quantitative estimate of drug-likeness (QED) is 0.456. The highest BCUT2D eigenvalue weighted by molar-refractivity contribution is 6.76. The number of aromatic amines is 1. The van der Waals surface area contributed by atoms with Gasteiger partial charge >= 0.3 is 5.97 Å². The van der Waals surface area contributed by atoms with Crippen LogP contribution in [0.25, 0.3) is 0 Å². The van der Waals surface area contributed by atoms with Gasteiger partial charge in [0.1, 0.15) is 0 Å². The van der Waals surface area contributed by atoms with Crippen molar-refractivity contribution >= 4 is 22.1 Å². The SMILES string of the molecule is CC(OCC[Si](C)(C)C)C1(C(C)OCC[Si](C)(C)C)CCc2c(C(=O)O)n[nH]c2C1. The average Bonchev–Trinajstić information content (AvgIpc) is 3.02. The molecule has 2 atom stereocenters. The van der Waals surface area contributed by atoms with Crippen LogP contribution < -0.4 is 0 Å². The van der Waals surface area contributed by atoms with Crippen molar-refractivity contribution in [2.45, 2.75) is 96.7 Å². The van der Waals surface area contributed by atoms with E-state index >= 15 is 0 Å². The summed E-state index contributed by atoms with van der Waals surface area (Å²) in [4.78, 5) is 11.5. The minimum Gasteiger partial charge on any atom is -0.476 e. The molecule has 0 radical (unpaired) electrons. The fraction of sp³-hybridized carbons (Fsp3) is 0.818. The summed E-state index contributed by atoms with van der Waals surface area (Å²) in [7, 11) is -2.33. The van der Waals surface area contributed by atoms with Gasteiger partial charge in [0.05, 0.1) is 12.2 Å². The molecule has 0 aliphatic heterocycles. The molecule has 2 unspecified atom stereocenters. The molecule has 1 aliphatic carbocycles. The number of carboxylic acid groups (broad SMARTS) is 1. The normalized spacial score (nSPS) is 21.9. The highest BCUT2D eigenvalue weighted by Gasteiger charge is 2.47. The van der Waals surface area contributed by atoms with Crippen LogP contribution in [0.1, 0.15) is 42.0 Å². The summed E-state index contributed by atoms with van der Waals surface area (Å²) in [5.41, 5.74) is 1.76. The smallest absolute Gasteiger partial charge is 0.356 e. The maximum Gasteiger partial charge on any atom is 0.356 e. The van der Waals surface area contributed by atoms with Crippen molar-refractivity contribution in [3.8, 4) is 0 Å². The molecule has 2 rings (SSSR count). The topological polar surface area (TPSA) is 84.4 Å². The molecule has 1 heterocycles. The van der Waals surface area contributed by atoms with Gasteiger partial charge in [-0.25, -0.2) is 4.79 Å². The Bertz CT molecular complexity index is 696. The van der Waals surface area contributed by atoms with Crippen molar-refractivity contribution in [2.75, 3.05) is 13.2 Å². The van der Waals surface area contributed by atoms with Crippen LogP contribution in [-0.4, -0.2) is 62.8 Å². The number of aromatic nitrogens is 2. The van der Waals surface area contributed by atoms with Gasteiger partial charge in [-0.1, -0.05) is 39.3 Å². The van der Waals surface area contributed by atoms with E-state index in [9.17, 15) is 9.90 Å². The zero-order valence-corrected chi connectivity index (χ0v) is 22.2. The Morgan fingerprint density at radius 1 is 1.07 bits per heavy atom. The number of fused-ring (bicyclic) bond motifs is 1. The Hall–Kier alpha value is -0.966. The largest absolute Gasteiger partial charge is 0.476 e. The van der Waals surface area contributed by atoms with E-state index in [0.717, 1.165) is 43.0 Å². The fourth-order valence-electron chi connectivity index (χ4n) is 4.21. The summed E-state index contributed by atoms with van der Waals surface area (Å²) in [6.45, 7) is 20.1. The first-order chi connectivity index (χ1) is 13.8. The van der Waals surface area contributed by atoms with E-state index in [4.69, 9.17) is 9.47 Å². The van der Waals surface area contributed by atoms with Gasteiger partial charge in [0.15, 0.2) is 5.69 Å². The Balaban J connectivity index is 2.20. The highest BCUT2D eigenvalue weighted by Crippen LogP contribution is 2.44. The number of aromatic carboxylic acids is 1. The third kappa shape index (κ3) is 6.51. The van der Waals surface area contributed by atoms with E-state index in [1.54, 1.807) is 0 Å². The number of rotatable bonds is 11. The zero-order valence-electron chi connectivity index (χ0n) is 20.2. The summed E-state index contributed by atoms with van der Waals surface area (Å²) >= 11 is 0. The first kappa shape index (κ1) is 25.3. The number of H-pyrrole nitrogens is 1. The van der Waals surface area contributed by atoms with Gasteiger partial charge in [-0.05, 0) is 45.2 Å². The molecule has 6 nitrogen and oxygen atoms in total. The van der Waals surface area contributed by atoms with Crippen LogP contribution in [-0.2, 0) is 22.3 Å². The molecule has 1 aromatic heterocycles. The molecule has 0 saturated heterocycles. The molecule has 0 amide bonds. The molecule has 172 valence electrons. The number of nitrogens with zero attached hydrogens (tertiary/aromatic N) is 1. The molecule has 0 fully saturated rings. The van der Waals surface area contributed by atoms with Crippen LogP contribution >= 0.6 is 0 Å². The Labute approximate surface area is 184 Å². The van der Waals surface area contributed by atoms with E-state index in [0.29, 0.717) is 12.8 Å². The van der Waals surface area contributed by atoms with Crippen LogP contribution in [0.5, 0.6) is 0 Å². The number of carboxylic acids is 1. The molecular formula is C22H42N2O4Si2. The van der Waals surface area contributed by atoms with Crippen LogP contribution in [0.3, 0.4) is 0 Å². The number of ether oxygens (including phenoxy) is 2. The Kier molecular flexibility index (Phi) is 8.15. The van der Waals surface area contributed by atoms with Gasteiger partial charge in [-0.3, -0.25) is 5.10 Å². The second kappa shape index (κ2) is 9.67. The highest BCUT2D eigenvalue weighted by atomic mass is 28.3. The minimum atomic E-state index is -1.17. The zero-order chi connectivity index (χ0) is 22.7. The molecule has 1 aliphatic rings. The van der Waals surface area contributed by atoms with E-state index in [-0.39, 0.29) is 23.3 Å². The van der Waals surface area contributed by atoms with Crippen LogP contribution in [0, 0.1) is 5.41 Å². The van der Waals surface area contributed by atoms with E-state index in [1.807, 2.05) is 0 Å². The van der Waals surface area contributed by atoms with E-state index in [2.05, 4.69) is 63.3 Å². The van der Waals surface area contributed by atoms with Crippen molar-refractivity contribution in [2.24, 2.45) is 5.41 Å². The standard InChI is InChI=1S/C22H42N2O4Si2/c1-16(27-11-13-29(3,4)5)22(17(2)28-12-14-30(6,7)8)10-9-18-19(15-22)23-24-20(18)21(25)26/h16-17H,9-15H2,1-8H3,(H,23,24)(H,25,26). The second-order valence-electron chi connectivity index (χ2n) is 11.4. The lowest BCUT2D eigenvalue weighted by atomic mass is 9.66.